The molecule has 1 heterocycles. The van der Waals surface area contributed by atoms with Crippen molar-refractivity contribution in [3.8, 4) is 0 Å². The molecule has 1 amide bonds. The summed E-state index contributed by atoms with van der Waals surface area (Å²) in [5, 5.41) is 10.7. The molecule has 2 atom stereocenters. The normalized spacial score (nSPS) is 23.3. The molecule has 0 radical (unpaired) electrons. The van der Waals surface area contributed by atoms with Crippen molar-refractivity contribution in [2.75, 3.05) is 4.90 Å². The fraction of sp³-hybridized carbons (Fsp3) is 0.176. The van der Waals surface area contributed by atoms with Gasteiger partial charge in [-0.2, -0.15) is 5.43 Å². The van der Waals surface area contributed by atoms with Gasteiger partial charge in [-0.25, -0.2) is 0 Å². The lowest BCUT2D eigenvalue weighted by atomic mass is 10.0. The average molecular weight is 342 g/mol. The quantitative estimate of drug-likeness (QED) is 0.379. The first-order valence-electron chi connectivity index (χ1n) is 7.50. The molecule has 1 fully saturated rings. The number of hydrogen-bond donors (Lipinski definition) is 4. The summed E-state index contributed by atoms with van der Waals surface area (Å²) in [6.45, 7) is 0. The van der Waals surface area contributed by atoms with Crippen LogP contribution in [0.3, 0.4) is 0 Å². The van der Waals surface area contributed by atoms with Crippen LogP contribution in [0.15, 0.2) is 60.7 Å². The van der Waals surface area contributed by atoms with Crippen molar-refractivity contribution in [2.24, 2.45) is 5.73 Å². The van der Waals surface area contributed by atoms with Crippen LogP contribution in [0.5, 0.6) is 0 Å². The SMILES string of the molecule is NC(=S)NN[C@]1(O)C[C@H](c2ccccc2)N(c2ccccc2)C1=O. The number of aliphatic hydroxyl groups is 1. The Hall–Kier alpha value is -2.48. The average Bonchev–Trinajstić information content (AvgIpc) is 2.87. The fourth-order valence-corrected chi connectivity index (χ4v) is 2.95. The van der Waals surface area contributed by atoms with E-state index in [1.807, 2.05) is 60.7 Å². The third-order valence-electron chi connectivity index (χ3n) is 3.98. The monoisotopic (exact) mass is 342 g/mol. The van der Waals surface area contributed by atoms with Crippen LogP contribution in [0.4, 0.5) is 5.69 Å². The van der Waals surface area contributed by atoms with Crippen LogP contribution < -0.4 is 21.5 Å². The lowest BCUT2D eigenvalue weighted by molar-refractivity contribution is -0.137. The molecule has 124 valence electrons. The molecule has 5 N–H and O–H groups in total. The van der Waals surface area contributed by atoms with Crippen LogP contribution in [0, 0.1) is 0 Å². The zero-order valence-corrected chi connectivity index (χ0v) is 13.7. The van der Waals surface area contributed by atoms with Gasteiger partial charge in [0.25, 0.3) is 5.91 Å². The minimum absolute atomic E-state index is 0.0503. The summed E-state index contributed by atoms with van der Waals surface area (Å²) in [6, 6.07) is 18.5. The standard InChI is InChI=1S/C17H18N4O2S/c18-16(24)19-20-17(23)11-14(12-7-3-1-4-8-12)21(15(17)22)13-9-5-2-6-10-13/h1-10,14,20,23H,11H2,(H3,18,19,24)/t14-,17+/m1/s1. The summed E-state index contributed by atoms with van der Waals surface area (Å²) in [4.78, 5) is 14.5. The molecule has 7 heteroatoms. The molecule has 0 aliphatic carbocycles. The number of thiocarbonyl (C=S) groups is 1. The van der Waals surface area contributed by atoms with Crippen molar-refractivity contribution >= 4 is 28.9 Å². The minimum Gasteiger partial charge on any atom is -0.375 e. The first-order valence-corrected chi connectivity index (χ1v) is 7.91. The van der Waals surface area contributed by atoms with Crippen LogP contribution in [-0.4, -0.2) is 21.9 Å². The predicted molar refractivity (Wildman–Crippen MR) is 95.7 cm³/mol. The molecule has 6 nitrogen and oxygen atoms in total. The van der Waals surface area contributed by atoms with E-state index in [1.165, 1.54) is 0 Å². The molecule has 0 bridgehead atoms. The molecule has 2 aromatic carbocycles. The molecule has 1 aliphatic rings. The number of anilines is 1. The van der Waals surface area contributed by atoms with Gasteiger partial charge in [-0.05, 0) is 29.9 Å². The van der Waals surface area contributed by atoms with Crippen LogP contribution in [0.25, 0.3) is 0 Å². The van der Waals surface area contributed by atoms with E-state index in [0.717, 1.165) is 5.56 Å². The number of benzene rings is 2. The number of amides is 1. The van der Waals surface area contributed by atoms with Gasteiger partial charge in [0.05, 0.1) is 6.04 Å². The molecule has 2 aromatic rings. The number of hydrogen-bond acceptors (Lipinski definition) is 4. The second-order valence-electron chi connectivity index (χ2n) is 5.62. The number of nitrogens with two attached hydrogens (primary N) is 1. The Kier molecular flexibility index (Phi) is 4.48. The number of carbonyl (C=O) groups excluding carboxylic acids is 1. The second-order valence-corrected chi connectivity index (χ2v) is 6.06. The number of carbonyl (C=O) groups is 1. The summed E-state index contributed by atoms with van der Waals surface area (Å²) in [5.74, 6) is -0.466. The van der Waals surface area contributed by atoms with E-state index in [4.69, 9.17) is 18.0 Å². The Balaban J connectivity index is 1.99. The van der Waals surface area contributed by atoms with Gasteiger partial charge >= 0.3 is 0 Å². The highest BCUT2D eigenvalue weighted by molar-refractivity contribution is 7.80. The fourth-order valence-electron chi connectivity index (χ4n) is 2.90. The lowest BCUT2D eigenvalue weighted by Gasteiger charge is -2.25. The zero-order chi connectivity index (χ0) is 17.2. The van der Waals surface area contributed by atoms with Gasteiger partial charge in [-0.1, -0.05) is 48.5 Å². The molecule has 1 aliphatic heterocycles. The number of nitrogens with one attached hydrogen (secondary N) is 2. The lowest BCUT2D eigenvalue weighted by Crippen LogP contribution is -2.59. The van der Waals surface area contributed by atoms with Gasteiger partial charge in [0.1, 0.15) is 0 Å². The van der Waals surface area contributed by atoms with E-state index in [1.54, 1.807) is 4.90 Å². The molecule has 1 saturated heterocycles. The molecular weight excluding hydrogens is 324 g/mol. The molecule has 0 aromatic heterocycles. The molecule has 3 rings (SSSR count). The molecule has 0 saturated carbocycles. The van der Waals surface area contributed by atoms with Crippen molar-refractivity contribution < 1.29 is 9.90 Å². The highest BCUT2D eigenvalue weighted by Gasteiger charge is 2.52. The van der Waals surface area contributed by atoms with Crippen LogP contribution in [0.1, 0.15) is 18.0 Å². The molecule has 0 unspecified atom stereocenters. The van der Waals surface area contributed by atoms with Crippen molar-refractivity contribution in [1.29, 1.82) is 0 Å². The predicted octanol–water partition coefficient (Wildman–Crippen LogP) is 1.19. The minimum atomic E-state index is -1.81. The van der Waals surface area contributed by atoms with Crippen molar-refractivity contribution in [2.45, 2.75) is 18.2 Å². The van der Waals surface area contributed by atoms with E-state index < -0.39 is 11.6 Å². The summed E-state index contributed by atoms with van der Waals surface area (Å²) >= 11 is 4.73. The van der Waals surface area contributed by atoms with Crippen molar-refractivity contribution in [1.82, 2.24) is 10.9 Å². The number of hydrazine groups is 1. The van der Waals surface area contributed by atoms with Gasteiger partial charge in [0, 0.05) is 12.1 Å². The topological polar surface area (TPSA) is 90.6 Å². The highest BCUT2D eigenvalue weighted by atomic mass is 32.1. The number of nitrogens with zero attached hydrogens (tertiary/aromatic N) is 1. The van der Waals surface area contributed by atoms with Crippen LogP contribution in [0.2, 0.25) is 0 Å². The zero-order valence-electron chi connectivity index (χ0n) is 12.8. The Morgan fingerprint density at radius 1 is 1.17 bits per heavy atom. The Labute approximate surface area is 145 Å². The van der Waals surface area contributed by atoms with E-state index in [0.29, 0.717) is 5.69 Å². The van der Waals surface area contributed by atoms with E-state index in [-0.39, 0.29) is 17.6 Å². The van der Waals surface area contributed by atoms with Gasteiger partial charge in [0.2, 0.25) is 5.72 Å². The van der Waals surface area contributed by atoms with E-state index in [2.05, 4.69) is 10.9 Å². The molecule has 24 heavy (non-hydrogen) atoms. The number of para-hydroxylation sites is 1. The highest BCUT2D eigenvalue weighted by Crippen LogP contribution is 2.40. The second kappa shape index (κ2) is 6.56. The summed E-state index contributed by atoms with van der Waals surface area (Å²) in [5.41, 5.74) is 10.2. The van der Waals surface area contributed by atoms with Gasteiger partial charge in [-0.3, -0.25) is 10.2 Å². The van der Waals surface area contributed by atoms with Crippen molar-refractivity contribution in [3.05, 3.63) is 66.2 Å². The molecule has 0 spiro atoms. The van der Waals surface area contributed by atoms with Crippen molar-refractivity contribution in [3.63, 3.8) is 0 Å². The Morgan fingerprint density at radius 3 is 2.33 bits per heavy atom. The maximum Gasteiger partial charge on any atom is 0.276 e. The van der Waals surface area contributed by atoms with Gasteiger partial charge in [-0.15, -0.1) is 0 Å². The first kappa shape index (κ1) is 16.4. The third kappa shape index (κ3) is 3.09. The third-order valence-corrected chi connectivity index (χ3v) is 4.09. The maximum absolute atomic E-state index is 12.9. The van der Waals surface area contributed by atoms with E-state index >= 15 is 0 Å². The summed E-state index contributed by atoms with van der Waals surface area (Å²) < 4.78 is 0. The van der Waals surface area contributed by atoms with Gasteiger partial charge in [0.15, 0.2) is 5.11 Å². The van der Waals surface area contributed by atoms with Crippen LogP contribution >= 0.6 is 12.2 Å². The van der Waals surface area contributed by atoms with Gasteiger partial charge < -0.3 is 15.7 Å². The van der Waals surface area contributed by atoms with Crippen LogP contribution in [-0.2, 0) is 4.79 Å². The largest absolute Gasteiger partial charge is 0.375 e. The first-order chi connectivity index (χ1) is 11.5. The Morgan fingerprint density at radius 2 is 1.75 bits per heavy atom. The Bertz CT molecular complexity index is 741. The maximum atomic E-state index is 12.9. The summed E-state index contributed by atoms with van der Waals surface area (Å²) in [7, 11) is 0. The van der Waals surface area contributed by atoms with E-state index in [9.17, 15) is 9.90 Å². The smallest absolute Gasteiger partial charge is 0.276 e. The summed E-state index contributed by atoms with van der Waals surface area (Å²) in [6.07, 6.45) is 0.153. The number of rotatable bonds is 4. The molecular formula is C17H18N4O2S.